The monoisotopic (exact) mass is 230 g/mol. The Kier molecular flexibility index (Phi) is 3.33. The van der Waals surface area contributed by atoms with Crippen LogP contribution in [0.4, 0.5) is 0 Å². The summed E-state index contributed by atoms with van der Waals surface area (Å²) in [5, 5.41) is 8.65. The standard InChI is InChI=1S/C14H18N2O/c1-14(2)7-5-12(6-8-14)17-13-4-3-11(9-15)16-10-13/h3-4,10,12H,5-8H2,1-2H3. The number of nitrogens with zero attached hydrogens (tertiary/aromatic N) is 2. The predicted octanol–water partition coefficient (Wildman–Crippen LogP) is 3.30. The molecule has 1 saturated carbocycles. The molecule has 0 bridgehead atoms. The molecule has 3 nitrogen and oxygen atoms in total. The van der Waals surface area contributed by atoms with E-state index in [0.29, 0.717) is 17.2 Å². The van der Waals surface area contributed by atoms with Gasteiger partial charge in [-0.25, -0.2) is 4.98 Å². The van der Waals surface area contributed by atoms with E-state index in [4.69, 9.17) is 10.00 Å². The fourth-order valence-corrected chi connectivity index (χ4v) is 2.20. The van der Waals surface area contributed by atoms with Crippen molar-refractivity contribution in [2.24, 2.45) is 5.41 Å². The van der Waals surface area contributed by atoms with E-state index < -0.39 is 0 Å². The Labute approximate surface area is 102 Å². The van der Waals surface area contributed by atoms with Gasteiger partial charge in [0.05, 0.1) is 12.3 Å². The summed E-state index contributed by atoms with van der Waals surface area (Å²) in [6.45, 7) is 4.62. The third-order valence-corrected chi connectivity index (χ3v) is 3.44. The van der Waals surface area contributed by atoms with Gasteiger partial charge in [-0.1, -0.05) is 13.8 Å². The second kappa shape index (κ2) is 4.75. The molecule has 0 saturated heterocycles. The Morgan fingerprint density at radius 3 is 2.59 bits per heavy atom. The van der Waals surface area contributed by atoms with Gasteiger partial charge in [0.25, 0.3) is 0 Å². The van der Waals surface area contributed by atoms with Crippen molar-refractivity contribution >= 4 is 0 Å². The molecular weight excluding hydrogens is 212 g/mol. The van der Waals surface area contributed by atoms with Crippen molar-refractivity contribution < 1.29 is 4.74 Å². The lowest BCUT2D eigenvalue weighted by Gasteiger charge is -2.34. The highest BCUT2D eigenvalue weighted by molar-refractivity contribution is 5.26. The van der Waals surface area contributed by atoms with Crippen LogP contribution in [0.2, 0.25) is 0 Å². The molecule has 1 fully saturated rings. The smallest absolute Gasteiger partial charge is 0.140 e. The zero-order valence-corrected chi connectivity index (χ0v) is 10.4. The average Bonchev–Trinajstić information content (AvgIpc) is 2.33. The van der Waals surface area contributed by atoms with Gasteiger partial charge in [0.2, 0.25) is 0 Å². The topological polar surface area (TPSA) is 45.9 Å². The molecule has 1 heterocycles. The fraction of sp³-hybridized carbons (Fsp3) is 0.571. The molecule has 0 aliphatic heterocycles. The summed E-state index contributed by atoms with van der Waals surface area (Å²) in [5.41, 5.74) is 0.894. The van der Waals surface area contributed by atoms with Gasteiger partial charge in [-0.05, 0) is 43.2 Å². The van der Waals surface area contributed by atoms with Crippen LogP contribution in [0.3, 0.4) is 0 Å². The molecule has 90 valence electrons. The summed E-state index contributed by atoms with van der Waals surface area (Å²) in [7, 11) is 0. The minimum Gasteiger partial charge on any atom is -0.489 e. The number of rotatable bonds is 2. The van der Waals surface area contributed by atoms with Crippen LogP contribution in [-0.4, -0.2) is 11.1 Å². The summed E-state index contributed by atoms with van der Waals surface area (Å²) in [6.07, 6.45) is 6.57. The number of pyridine rings is 1. The Morgan fingerprint density at radius 1 is 1.35 bits per heavy atom. The average molecular weight is 230 g/mol. The number of ether oxygens (including phenoxy) is 1. The molecule has 0 atom stereocenters. The van der Waals surface area contributed by atoms with Gasteiger partial charge in [0.1, 0.15) is 17.5 Å². The van der Waals surface area contributed by atoms with Crippen molar-refractivity contribution in [2.45, 2.75) is 45.6 Å². The first-order valence-electron chi connectivity index (χ1n) is 6.12. The molecule has 0 radical (unpaired) electrons. The van der Waals surface area contributed by atoms with E-state index in [1.807, 2.05) is 12.1 Å². The van der Waals surface area contributed by atoms with E-state index >= 15 is 0 Å². The Balaban J connectivity index is 1.91. The van der Waals surface area contributed by atoms with Gasteiger partial charge in [-0.3, -0.25) is 0 Å². The molecule has 1 aliphatic carbocycles. The van der Waals surface area contributed by atoms with Gasteiger partial charge in [0.15, 0.2) is 0 Å². The summed E-state index contributed by atoms with van der Waals surface area (Å²) in [6, 6.07) is 5.52. The normalized spacial score (nSPS) is 19.6. The fourth-order valence-electron chi connectivity index (χ4n) is 2.20. The zero-order valence-electron chi connectivity index (χ0n) is 10.4. The van der Waals surface area contributed by atoms with Crippen molar-refractivity contribution in [2.75, 3.05) is 0 Å². The third kappa shape index (κ3) is 3.20. The summed E-state index contributed by atoms with van der Waals surface area (Å²) in [5.74, 6) is 0.772. The Bertz CT molecular complexity index is 407. The highest BCUT2D eigenvalue weighted by Crippen LogP contribution is 2.36. The molecule has 0 N–H and O–H groups in total. The van der Waals surface area contributed by atoms with E-state index in [1.54, 1.807) is 12.3 Å². The third-order valence-electron chi connectivity index (χ3n) is 3.44. The number of nitriles is 1. The highest BCUT2D eigenvalue weighted by atomic mass is 16.5. The van der Waals surface area contributed by atoms with Gasteiger partial charge in [0, 0.05) is 0 Å². The first kappa shape index (κ1) is 11.9. The highest BCUT2D eigenvalue weighted by Gasteiger charge is 2.27. The van der Waals surface area contributed by atoms with Crippen LogP contribution in [0.5, 0.6) is 5.75 Å². The molecule has 1 aromatic rings. The SMILES string of the molecule is CC1(C)CCC(Oc2ccc(C#N)nc2)CC1. The molecular formula is C14H18N2O. The minimum atomic E-state index is 0.303. The van der Waals surface area contributed by atoms with Crippen LogP contribution < -0.4 is 4.74 Å². The molecule has 0 unspecified atom stereocenters. The summed E-state index contributed by atoms with van der Waals surface area (Å²) in [4.78, 5) is 4.01. The van der Waals surface area contributed by atoms with Crippen molar-refractivity contribution in [3.05, 3.63) is 24.0 Å². The van der Waals surface area contributed by atoms with E-state index in [2.05, 4.69) is 18.8 Å². The Hall–Kier alpha value is -1.56. The van der Waals surface area contributed by atoms with Crippen molar-refractivity contribution in [1.82, 2.24) is 4.98 Å². The van der Waals surface area contributed by atoms with Crippen molar-refractivity contribution in [3.8, 4) is 11.8 Å². The lowest BCUT2D eigenvalue weighted by Crippen LogP contribution is -2.28. The summed E-state index contributed by atoms with van der Waals surface area (Å²) >= 11 is 0. The maximum atomic E-state index is 8.65. The molecule has 2 rings (SSSR count). The summed E-state index contributed by atoms with van der Waals surface area (Å²) < 4.78 is 5.88. The van der Waals surface area contributed by atoms with Gasteiger partial charge >= 0.3 is 0 Å². The second-order valence-corrected chi connectivity index (χ2v) is 5.47. The maximum absolute atomic E-state index is 8.65. The molecule has 3 heteroatoms. The Morgan fingerprint density at radius 2 is 2.06 bits per heavy atom. The molecule has 1 aliphatic rings. The van der Waals surface area contributed by atoms with E-state index in [0.717, 1.165) is 18.6 Å². The molecule has 0 amide bonds. The number of hydrogen-bond donors (Lipinski definition) is 0. The first-order valence-corrected chi connectivity index (χ1v) is 6.12. The van der Waals surface area contributed by atoms with Crippen LogP contribution in [0.25, 0.3) is 0 Å². The van der Waals surface area contributed by atoms with Crippen molar-refractivity contribution in [3.63, 3.8) is 0 Å². The van der Waals surface area contributed by atoms with Crippen LogP contribution in [-0.2, 0) is 0 Å². The quantitative estimate of drug-likeness (QED) is 0.783. The zero-order chi connectivity index (χ0) is 12.3. The van der Waals surface area contributed by atoms with Crippen molar-refractivity contribution in [1.29, 1.82) is 5.26 Å². The van der Waals surface area contributed by atoms with Gasteiger partial charge in [-0.2, -0.15) is 5.26 Å². The molecule has 0 spiro atoms. The number of hydrogen-bond acceptors (Lipinski definition) is 3. The van der Waals surface area contributed by atoms with Crippen LogP contribution in [0, 0.1) is 16.7 Å². The molecule has 17 heavy (non-hydrogen) atoms. The predicted molar refractivity (Wildman–Crippen MR) is 65.6 cm³/mol. The largest absolute Gasteiger partial charge is 0.489 e. The van der Waals surface area contributed by atoms with E-state index in [9.17, 15) is 0 Å². The second-order valence-electron chi connectivity index (χ2n) is 5.47. The minimum absolute atomic E-state index is 0.303. The lowest BCUT2D eigenvalue weighted by atomic mass is 9.76. The van der Waals surface area contributed by atoms with Crippen LogP contribution in [0.1, 0.15) is 45.2 Å². The van der Waals surface area contributed by atoms with Crippen LogP contribution >= 0.6 is 0 Å². The maximum Gasteiger partial charge on any atom is 0.140 e. The molecule has 0 aromatic carbocycles. The lowest BCUT2D eigenvalue weighted by molar-refractivity contribution is 0.0984. The van der Waals surface area contributed by atoms with Gasteiger partial charge in [-0.15, -0.1) is 0 Å². The number of aromatic nitrogens is 1. The van der Waals surface area contributed by atoms with E-state index in [1.165, 1.54) is 12.8 Å². The molecule has 1 aromatic heterocycles. The first-order chi connectivity index (χ1) is 8.09. The van der Waals surface area contributed by atoms with Gasteiger partial charge < -0.3 is 4.74 Å². The van der Waals surface area contributed by atoms with Crippen LogP contribution in [0.15, 0.2) is 18.3 Å². The van der Waals surface area contributed by atoms with E-state index in [-0.39, 0.29) is 0 Å².